The van der Waals surface area contributed by atoms with E-state index in [-0.39, 0.29) is 11.7 Å². The normalized spacial score (nSPS) is 10.8. The molecule has 4 heteroatoms. The largest absolute Gasteiger partial charge is 0.325 e. The molecule has 0 aliphatic heterocycles. The summed E-state index contributed by atoms with van der Waals surface area (Å²) in [5, 5.41) is 2.69. The smallest absolute Gasteiger partial charge is 0.234 e. The topological polar surface area (TPSA) is 29.1 Å². The van der Waals surface area contributed by atoms with Gasteiger partial charge in [-0.25, -0.2) is 4.39 Å². The lowest BCUT2D eigenvalue weighted by Gasteiger charge is -2.05. The van der Waals surface area contributed by atoms with E-state index in [4.69, 9.17) is 0 Å². The van der Waals surface area contributed by atoms with E-state index in [2.05, 4.69) is 5.32 Å². The van der Waals surface area contributed by atoms with Gasteiger partial charge in [0.05, 0.1) is 5.75 Å². The van der Waals surface area contributed by atoms with E-state index < -0.39 is 0 Å². The van der Waals surface area contributed by atoms with Crippen molar-refractivity contribution in [2.24, 2.45) is 0 Å². The number of thioether (sulfide) groups is 1. The summed E-state index contributed by atoms with van der Waals surface area (Å²) in [6, 6.07) is 14.7. The van der Waals surface area contributed by atoms with Crippen molar-refractivity contribution in [3.05, 3.63) is 71.6 Å². The summed E-state index contributed by atoms with van der Waals surface area (Å²) in [7, 11) is 0. The first-order valence-electron chi connectivity index (χ1n) is 7.00. The Morgan fingerprint density at radius 3 is 2.73 bits per heavy atom. The number of halogens is 1. The van der Waals surface area contributed by atoms with Crippen LogP contribution in [0.3, 0.4) is 0 Å². The molecule has 2 nitrogen and oxygen atoms in total. The van der Waals surface area contributed by atoms with Gasteiger partial charge in [0.15, 0.2) is 0 Å². The lowest BCUT2D eigenvalue weighted by atomic mass is 10.2. The minimum atomic E-state index is -0.309. The molecule has 114 valence electrons. The molecule has 0 bridgehead atoms. The average Bonchev–Trinajstić information content (AvgIpc) is 2.52. The Kier molecular flexibility index (Phi) is 6.22. The van der Waals surface area contributed by atoms with Gasteiger partial charge in [0.2, 0.25) is 5.91 Å². The second-order valence-corrected chi connectivity index (χ2v) is 5.87. The van der Waals surface area contributed by atoms with Crippen molar-refractivity contribution in [3.63, 3.8) is 0 Å². The van der Waals surface area contributed by atoms with E-state index in [0.717, 1.165) is 11.3 Å². The van der Waals surface area contributed by atoms with Gasteiger partial charge in [0, 0.05) is 11.4 Å². The van der Waals surface area contributed by atoms with Crippen LogP contribution in [0, 0.1) is 12.7 Å². The van der Waals surface area contributed by atoms with Crippen molar-refractivity contribution in [2.75, 3.05) is 16.8 Å². The zero-order valence-corrected chi connectivity index (χ0v) is 13.2. The Morgan fingerprint density at radius 1 is 1.23 bits per heavy atom. The van der Waals surface area contributed by atoms with Crippen LogP contribution in [0.1, 0.15) is 11.1 Å². The molecule has 0 aliphatic carbocycles. The number of aryl methyl sites for hydroxylation is 1. The van der Waals surface area contributed by atoms with Crippen LogP contribution in [-0.4, -0.2) is 17.4 Å². The van der Waals surface area contributed by atoms with Crippen LogP contribution in [0.25, 0.3) is 6.08 Å². The molecule has 0 atom stereocenters. The molecule has 2 rings (SSSR count). The fraction of sp³-hybridized carbons (Fsp3) is 0.167. The number of hydrogen-bond acceptors (Lipinski definition) is 2. The fourth-order valence-electron chi connectivity index (χ4n) is 1.84. The van der Waals surface area contributed by atoms with Gasteiger partial charge >= 0.3 is 0 Å². The Morgan fingerprint density at radius 2 is 2.00 bits per heavy atom. The number of carbonyl (C=O) groups is 1. The number of amides is 1. The van der Waals surface area contributed by atoms with Gasteiger partial charge in [-0.2, -0.15) is 0 Å². The second kappa shape index (κ2) is 8.39. The van der Waals surface area contributed by atoms with Crippen LogP contribution < -0.4 is 5.32 Å². The number of anilines is 1. The van der Waals surface area contributed by atoms with Crippen LogP contribution in [0.2, 0.25) is 0 Å². The molecule has 0 radical (unpaired) electrons. The first-order valence-corrected chi connectivity index (χ1v) is 8.16. The highest BCUT2D eigenvalue weighted by molar-refractivity contribution is 8.00. The Balaban J connectivity index is 1.71. The van der Waals surface area contributed by atoms with E-state index in [1.54, 1.807) is 19.1 Å². The molecular weight excluding hydrogens is 297 g/mol. The molecule has 0 fully saturated rings. The number of carbonyl (C=O) groups excluding carboxylic acids is 1. The third-order valence-corrected chi connectivity index (χ3v) is 3.91. The minimum absolute atomic E-state index is 0.124. The van der Waals surface area contributed by atoms with E-state index in [1.165, 1.54) is 17.8 Å². The van der Waals surface area contributed by atoms with Crippen LogP contribution in [0.15, 0.2) is 54.6 Å². The molecular formula is C18H18FNOS. The molecule has 0 spiro atoms. The molecule has 1 amide bonds. The van der Waals surface area contributed by atoms with Crippen LogP contribution in [-0.2, 0) is 4.79 Å². The Bertz CT molecular complexity index is 655. The SMILES string of the molecule is Cc1ccc(NC(=O)CSC/C=C/c2ccccc2)cc1F. The maximum atomic E-state index is 13.4. The van der Waals surface area contributed by atoms with Gasteiger partial charge in [-0.3, -0.25) is 4.79 Å². The van der Waals surface area contributed by atoms with Crippen molar-refractivity contribution in [1.82, 2.24) is 0 Å². The molecule has 22 heavy (non-hydrogen) atoms. The first kappa shape index (κ1) is 16.3. The quantitative estimate of drug-likeness (QED) is 0.794. The van der Waals surface area contributed by atoms with Crippen LogP contribution in [0.4, 0.5) is 10.1 Å². The lowest BCUT2D eigenvalue weighted by molar-refractivity contribution is -0.113. The molecule has 0 saturated carbocycles. The van der Waals surface area contributed by atoms with Crippen molar-refractivity contribution < 1.29 is 9.18 Å². The van der Waals surface area contributed by atoms with Gasteiger partial charge in [-0.1, -0.05) is 48.6 Å². The van der Waals surface area contributed by atoms with Crippen molar-refractivity contribution in [1.29, 1.82) is 0 Å². The van der Waals surface area contributed by atoms with Crippen LogP contribution in [0.5, 0.6) is 0 Å². The first-order chi connectivity index (χ1) is 10.6. The van der Waals surface area contributed by atoms with Gasteiger partial charge in [-0.05, 0) is 30.2 Å². The summed E-state index contributed by atoms with van der Waals surface area (Å²) >= 11 is 1.51. The highest BCUT2D eigenvalue weighted by atomic mass is 32.2. The molecule has 0 saturated heterocycles. The highest BCUT2D eigenvalue weighted by Crippen LogP contribution is 2.14. The minimum Gasteiger partial charge on any atom is -0.325 e. The summed E-state index contributed by atoms with van der Waals surface area (Å²) in [6.07, 6.45) is 4.05. The number of rotatable bonds is 6. The maximum absolute atomic E-state index is 13.4. The zero-order valence-electron chi connectivity index (χ0n) is 12.4. The van der Waals surface area contributed by atoms with Crippen molar-refractivity contribution >= 4 is 29.4 Å². The molecule has 2 aromatic carbocycles. The third-order valence-electron chi connectivity index (χ3n) is 3.01. The van der Waals surface area contributed by atoms with Gasteiger partial charge in [0.25, 0.3) is 0 Å². The van der Waals surface area contributed by atoms with E-state index in [9.17, 15) is 9.18 Å². The molecule has 0 heterocycles. The summed E-state index contributed by atoms with van der Waals surface area (Å²) in [6.45, 7) is 1.69. The predicted octanol–water partition coefficient (Wildman–Crippen LogP) is 4.52. The molecule has 1 N–H and O–H groups in total. The Labute approximate surface area is 134 Å². The summed E-state index contributed by atoms with van der Waals surface area (Å²) in [5.41, 5.74) is 2.20. The molecule has 2 aromatic rings. The van der Waals surface area contributed by atoms with Gasteiger partial charge in [0.1, 0.15) is 5.82 Å². The van der Waals surface area contributed by atoms with Crippen molar-refractivity contribution in [3.8, 4) is 0 Å². The number of nitrogens with one attached hydrogen (secondary N) is 1. The monoisotopic (exact) mass is 315 g/mol. The van der Waals surface area contributed by atoms with Gasteiger partial charge < -0.3 is 5.32 Å². The number of benzene rings is 2. The standard InChI is InChI=1S/C18H18FNOS/c1-14-9-10-16(12-17(14)19)20-18(21)13-22-11-5-8-15-6-3-2-4-7-15/h2-10,12H,11,13H2,1H3,(H,20,21)/b8-5+. The predicted molar refractivity (Wildman–Crippen MR) is 92.6 cm³/mol. The third kappa shape index (κ3) is 5.37. The van der Waals surface area contributed by atoms with E-state index in [1.807, 2.05) is 42.5 Å². The molecule has 0 unspecified atom stereocenters. The average molecular weight is 315 g/mol. The summed E-state index contributed by atoms with van der Waals surface area (Å²) in [5.74, 6) is 0.664. The van der Waals surface area contributed by atoms with E-state index in [0.29, 0.717) is 17.0 Å². The summed E-state index contributed by atoms with van der Waals surface area (Å²) < 4.78 is 13.4. The summed E-state index contributed by atoms with van der Waals surface area (Å²) in [4.78, 5) is 11.8. The zero-order chi connectivity index (χ0) is 15.8. The van der Waals surface area contributed by atoms with E-state index >= 15 is 0 Å². The highest BCUT2D eigenvalue weighted by Gasteiger charge is 2.04. The Hall–Kier alpha value is -2.07. The van der Waals surface area contributed by atoms with Gasteiger partial charge in [-0.15, -0.1) is 11.8 Å². The second-order valence-electron chi connectivity index (χ2n) is 4.84. The maximum Gasteiger partial charge on any atom is 0.234 e. The van der Waals surface area contributed by atoms with Crippen molar-refractivity contribution in [2.45, 2.75) is 6.92 Å². The molecule has 0 aliphatic rings. The van der Waals surface area contributed by atoms with Crippen LogP contribution >= 0.6 is 11.8 Å². The lowest BCUT2D eigenvalue weighted by Crippen LogP contribution is -2.14. The number of hydrogen-bond donors (Lipinski definition) is 1. The fourth-order valence-corrected chi connectivity index (χ4v) is 2.44. The molecule has 0 aromatic heterocycles.